The SMILES string of the molecule is COc1ccc([C@@]23CC=C(OC(=O)c4ccccc4C)C[C@@H]2N(C)CC3)cc1C. The highest BCUT2D eigenvalue weighted by molar-refractivity contribution is 5.91. The zero-order valence-electron chi connectivity index (χ0n) is 17.7. The van der Waals surface area contributed by atoms with E-state index in [1.165, 1.54) is 5.56 Å². The van der Waals surface area contributed by atoms with Gasteiger partial charge >= 0.3 is 5.97 Å². The van der Waals surface area contributed by atoms with Crippen molar-refractivity contribution in [1.82, 2.24) is 4.90 Å². The van der Waals surface area contributed by atoms with E-state index in [0.29, 0.717) is 11.6 Å². The molecular weight excluding hydrogens is 362 g/mol. The topological polar surface area (TPSA) is 38.8 Å². The number of esters is 1. The highest BCUT2D eigenvalue weighted by Crippen LogP contribution is 2.48. The van der Waals surface area contributed by atoms with Crippen LogP contribution in [0.4, 0.5) is 0 Å². The van der Waals surface area contributed by atoms with Crippen molar-refractivity contribution in [2.24, 2.45) is 0 Å². The number of allylic oxidation sites excluding steroid dienone is 1. The van der Waals surface area contributed by atoms with E-state index in [1.54, 1.807) is 7.11 Å². The van der Waals surface area contributed by atoms with Crippen molar-refractivity contribution in [3.63, 3.8) is 0 Å². The van der Waals surface area contributed by atoms with Crippen molar-refractivity contribution in [3.05, 3.63) is 76.6 Å². The average molecular weight is 392 g/mol. The molecule has 4 heteroatoms. The summed E-state index contributed by atoms with van der Waals surface area (Å²) in [4.78, 5) is 15.1. The maximum absolute atomic E-state index is 12.7. The van der Waals surface area contributed by atoms with Crippen molar-refractivity contribution in [3.8, 4) is 5.75 Å². The first-order chi connectivity index (χ1) is 13.9. The quantitative estimate of drug-likeness (QED) is 0.703. The van der Waals surface area contributed by atoms with E-state index in [9.17, 15) is 4.79 Å². The van der Waals surface area contributed by atoms with Gasteiger partial charge < -0.3 is 14.4 Å². The van der Waals surface area contributed by atoms with Gasteiger partial charge in [-0.05, 0) is 75.2 Å². The Morgan fingerprint density at radius 1 is 1.14 bits per heavy atom. The molecule has 0 amide bonds. The molecule has 1 saturated heterocycles. The summed E-state index contributed by atoms with van der Waals surface area (Å²) in [5.74, 6) is 1.45. The van der Waals surface area contributed by atoms with Gasteiger partial charge in [0.2, 0.25) is 0 Å². The van der Waals surface area contributed by atoms with Crippen LogP contribution in [0.3, 0.4) is 0 Å². The van der Waals surface area contributed by atoms with E-state index in [1.807, 2.05) is 31.2 Å². The van der Waals surface area contributed by atoms with Crippen LogP contribution in [0.25, 0.3) is 0 Å². The molecule has 4 rings (SSSR count). The van der Waals surface area contributed by atoms with Crippen molar-refractivity contribution < 1.29 is 14.3 Å². The second kappa shape index (κ2) is 7.68. The molecular formula is C25H29NO3. The van der Waals surface area contributed by atoms with E-state index in [4.69, 9.17) is 9.47 Å². The number of nitrogens with zero attached hydrogens (tertiary/aromatic N) is 1. The average Bonchev–Trinajstić information content (AvgIpc) is 3.05. The van der Waals surface area contributed by atoms with Gasteiger partial charge in [-0.2, -0.15) is 0 Å². The Balaban J connectivity index is 1.60. The lowest BCUT2D eigenvalue weighted by molar-refractivity contribution is 0.0579. The molecule has 0 bridgehead atoms. The first kappa shape index (κ1) is 19.7. The van der Waals surface area contributed by atoms with Crippen LogP contribution in [-0.4, -0.2) is 37.6 Å². The van der Waals surface area contributed by atoms with Gasteiger partial charge in [0.25, 0.3) is 0 Å². The fraction of sp³-hybridized carbons (Fsp3) is 0.400. The third-order valence-corrected chi connectivity index (χ3v) is 6.73. The van der Waals surface area contributed by atoms with Crippen LogP contribution in [0.1, 0.15) is 46.3 Å². The monoisotopic (exact) mass is 391 g/mol. The first-order valence-corrected chi connectivity index (χ1v) is 10.3. The summed E-state index contributed by atoms with van der Waals surface area (Å²) in [5, 5.41) is 0. The largest absolute Gasteiger partial charge is 0.496 e. The molecule has 4 nitrogen and oxygen atoms in total. The number of ether oxygens (including phenoxy) is 2. The lowest BCUT2D eigenvalue weighted by Gasteiger charge is -2.41. The van der Waals surface area contributed by atoms with Gasteiger partial charge in [0.05, 0.1) is 12.7 Å². The lowest BCUT2D eigenvalue weighted by Crippen LogP contribution is -2.43. The zero-order valence-corrected chi connectivity index (χ0v) is 17.7. The molecule has 29 heavy (non-hydrogen) atoms. The molecule has 0 spiro atoms. The fourth-order valence-corrected chi connectivity index (χ4v) is 4.98. The van der Waals surface area contributed by atoms with Gasteiger partial charge in [-0.1, -0.05) is 30.3 Å². The summed E-state index contributed by atoms with van der Waals surface area (Å²) in [7, 11) is 3.89. The normalized spacial score (nSPS) is 24.0. The molecule has 1 aliphatic heterocycles. The summed E-state index contributed by atoms with van der Waals surface area (Å²) in [6.45, 7) is 5.08. The summed E-state index contributed by atoms with van der Waals surface area (Å²) in [6, 6.07) is 14.4. The van der Waals surface area contributed by atoms with E-state index in [0.717, 1.165) is 48.4 Å². The Morgan fingerprint density at radius 3 is 2.66 bits per heavy atom. The van der Waals surface area contributed by atoms with Crippen LogP contribution in [0.5, 0.6) is 5.75 Å². The Labute approximate surface area is 173 Å². The summed E-state index contributed by atoms with van der Waals surface area (Å²) < 4.78 is 11.3. The van der Waals surface area contributed by atoms with Gasteiger partial charge in [0.15, 0.2) is 0 Å². The third kappa shape index (κ3) is 3.46. The van der Waals surface area contributed by atoms with Crippen LogP contribution < -0.4 is 4.74 Å². The van der Waals surface area contributed by atoms with Crippen LogP contribution in [0.15, 0.2) is 54.3 Å². The minimum Gasteiger partial charge on any atom is -0.496 e. The molecule has 2 aromatic rings. The molecule has 2 aliphatic rings. The molecule has 1 heterocycles. The van der Waals surface area contributed by atoms with E-state index in [2.05, 4.69) is 43.1 Å². The molecule has 0 aromatic heterocycles. The van der Waals surface area contributed by atoms with Crippen molar-refractivity contribution in [2.75, 3.05) is 20.7 Å². The Morgan fingerprint density at radius 2 is 1.93 bits per heavy atom. The minimum absolute atomic E-state index is 0.0599. The molecule has 1 fully saturated rings. The van der Waals surface area contributed by atoms with Gasteiger partial charge in [-0.25, -0.2) is 4.79 Å². The predicted molar refractivity (Wildman–Crippen MR) is 114 cm³/mol. The number of hydrogen-bond acceptors (Lipinski definition) is 4. The first-order valence-electron chi connectivity index (χ1n) is 10.3. The number of carbonyl (C=O) groups is 1. The molecule has 0 N–H and O–H groups in total. The number of aryl methyl sites for hydroxylation is 2. The van der Waals surface area contributed by atoms with E-state index in [-0.39, 0.29) is 11.4 Å². The number of likely N-dealkylation sites (tertiary alicyclic amines) is 1. The van der Waals surface area contributed by atoms with Crippen LogP contribution in [0, 0.1) is 13.8 Å². The molecule has 0 saturated carbocycles. The zero-order chi connectivity index (χ0) is 20.6. The van der Waals surface area contributed by atoms with Crippen LogP contribution >= 0.6 is 0 Å². The standard InChI is InChI=1S/C25H29NO3/c1-17-7-5-6-8-21(17)24(27)29-20-11-12-25(13-14-26(3)23(25)16-20)19-9-10-22(28-4)18(2)15-19/h5-11,15,23H,12-14,16H2,1-4H3/t23-,25-/m0/s1. The number of benzene rings is 2. The number of rotatable bonds is 4. The second-order valence-electron chi connectivity index (χ2n) is 8.37. The number of methoxy groups -OCH3 is 1. The van der Waals surface area contributed by atoms with Crippen LogP contribution in [-0.2, 0) is 10.2 Å². The Kier molecular flexibility index (Phi) is 5.22. The lowest BCUT2D eigenvalue weighted by atomic mass is 9.68. The smallest absolute Gasteiger partial charge is 0.343 e. The maximum Gasteiger partial charge on any atom is 0.343 e. The number of carbonyl (C=O) groups excluding carboxylic acids is 1. The molecule has 0 unspecified atom stereocenters. The minimum atomic E-state index is -0.261. The van der Waals surface area contributed by atoms with Gasteiger partial charge in [-0.15, -0.1) is 0 Å². The highest BCUT2D eigenvalue weighted by Gasteiger charge is 2.49. The molecule has 0 radical (unpaired) electrons. The van der Waals surface area contributed by atoms with Crippen molar-refractivity contribution in [1.29, 1.82) is 0 Å². The van der Waals surface area contributed by atoms with Gasteiger partial charge in [-0.3, -0.25) is 0 Å². The maximum atomic E-state index is 12.7. The number of hydrogen-bond donors (Lipinski definition) is 0. The highest BCUT2D eigenvalue weighted by atomic mass is 16.5. The van der Waals surface area contributed by atoms with Crippen LogP contribution in [0.2, 0.25) is 0 Å². The van der Waals surface area contributed by atoms with Gasteiger partial charge in [0.1, 0.15) is 11.5 Å². The van der Waals surface area contributed by atoms with E-state index >= 15 is 0 Å². The number of fused-ring (bicyclic) bond motifs is 1. The van der Waals surface area contributed by atoms with Gasteiger partial charge in [0, 0.05) is 17.9 Å². The molecule has 1 aliphatic carbocycles. The Bertz CT molecular complexity index is 964. The number of likely N-dealkylation sites (N-methyl/N-ethyl adjacent to an activating group) is 1. The Hall–Kier alpha value is -2.59. The second-order valence-corrected chi connectivity index (χ2v) is 8.37. The van der Waals surface area contributed by atoms with Crippen molar-refractivity contribution in [2.45, 2.75) is 44.6 Å². The van der Waals surface area contributed by atoms with E-state index < -0.39 is 0 Å². The molecule has 152 valence electrons. The molecule has 2 atom stereocenters. The van der Waals surface area contributed by atoms with Crippen molar-refractivity contribution >= 4 is 5.97 Å². The molecule has 2 aromatic carbocycles. The fourth-order valence-electron chi connectivity index (χ4n) is 4.98. The summed E-state index contributed by atoms with van der Waals surface area (Å²) in [5.41, 5.74) is 4.15. The predicted octanol–water partition coefficient (Wildman–Crippen LogP) is 4.79. The summed E-state index contributed by atoms with van der Waals surface area (Å²) in [6.07, 6.45) is 4.87. The summed E-state index contributed by atoms with van der Waals surface area (Å²) >= 11 is 0. The third-order valence-electron chi connectivity index (χ3n) is 6.73.